The first-order valence-corrected chi connectivity index (χ1v) is 15.8. The van der Waals surface area contributed by atoms with Crippen LogP contribution in [0, 0.1) is 35.5 Å². The summed E-state index contributed by atoms with van der Waals surface area (Å²) in [6.45, 7) is 16.7. The van der Waals surface area contributed by atoms with Crippen molar-refractivity contribution < 1.29 is 43.9 Å². The van der Waals surface area contributed by atoms with E-state index in [0.29, 0.717) is 12.0 Å². The predicted octanol–water partition coefficient (Wildman–Crippen LogP) is 4.90. The molecule has 0 bridgehead atoms. The highest BCUT2D eigenvalue weighted by molar-refractivity contribution is 5.87. The van der Waals surface area contributed by atoms with Gasteiger partial charge in [0.15, 0.2) is 5.79 Å². The molecule has 0 aromatic rings. The van der Waals surface area contributed by atoms with Crippen LogP contribution in [0.25, 0.3) is 0 Å². The Balaban J connectivity index is 2.53. The standard InChI is InChI=1S/C35H56O9/c1-19(2)32-24(7)27(36)18-35(40,44-32)26(9)31(38)25(8)33-28(41-10)14-12-13-20(3)15-22(5)30(37)23(6)16-21(4)17-29(42-11)34(39)43-33/h12-14,16-17,19,22-28,31-33,36,38,40H,15,18H2,1-11H3/b14-12+,20-13+,21-16+,29-17-/t22-,23+,24-,25-,26-,27+,28-,31+,32-,33+,35+/m0/s1. The van der Waals surface area contributed by atoms with E-state index in [9.17, 15) is 24.9 Å². The maximum absolute atomic E-state index is 13.5. The number of esters is 1. The average Bonchev–Trinajstić information content (AvgIpc) is 2.96. The van der Waals surface area contributed by atoms with Crippen molar-refractivity contribution in [1.82, 2.24) is 0 Å². The highest BCUT2D eigenvalue weighted by atomic mass is 16.6. The molecule has 9 nitrogen and oxygen atoms in total. The molecule has 2 aliphatic rings. The van der Waals surface area contributed by atoms with Crippen LogP contribution in [0.1, 0.15) is 75.2 Å². The van der Waals surface area contributed by atoms with Crippen molar-refractivity contribution in [2.24, 2.45) is 35.5 Å². The molecule has 9 heteroatoms. The van der Waals surface area contributed by atoms with Crippen molar-refractivity contribution in [1.29, 1.82) is 0 Å². The van der Waals surface area contributed by atoms with Crippen LogP contribution in [0.15, 0.2) is 47.3 Å². The maximum atomic E-state index is 13.5. The number of ether oxygens (including phenoxy) is 4. The lowest BCUT2D eigenvalue weighted by Gasteiger charge is -2.49. The zero-order valence-corrected chi connectivity index (χ0v) is 28.4. The number of rotatable bonds is 7. The van der Waals surface area contributed by atoms with Gasteiger partial charge < -0.3 is 34.3 Å². The summed E-state index contributed by atoms with van der Waals surface area (Å²) >= 11 is 0. The molecule has 0 aromatic carbocycles. The van der Waals surface area contributed by atoms with Crippen molar-refractivity contribution >= 4 is 11.8 Å². The van der Waals surface area contributed by atoms with E-state index in [1.165, 1.54) is 20.3 Å². The van der Waals surface area contributed by atoms with Crippen molar-refractivity contribution in [2.45, 2.75) is 111 Å². The summed E-state index contributed by atoms with van der Waals surface area (Å²) in [5.41, 5.74) is 1.66. The summed E-state index contributed by atoms with van der Waals surface area (Å²) in [6, 6.07) is 0. The second-order valence-corrected chi connectivity index (χ2v) is 13.3. The van der Waals surface area contributed by atoms with E-state index >= 15 is 0 Å². The van der Waals surface area contributed by atoms with Crippen LogP contribution >= 0.6 is 0 Å². The van der Waals surface area contributed by atoms with Gasteiger partial charge in [-0.3, -0.25) is 4.79 Å². The minimum atomic E-state index is -1.81. The molecular weight excluding hydrogens is 564 g/mol. The minimum absolute atomic E-state index is 0.0302. The Morgan fingerprint density at radius 3 is 2.25 bits per heavy atom. The number of hydrogen-bond donors (Lipinski definition) is 3. The molecule has 11 atom stereocenters. The Morgan fingerprint density at radius 1 is 1.05 bits per heavy atom. The third kappa shape index (κ3) is 9.36. The van der Waals surface area contributed by atoms with Crippen LogP contribution < -0.4 is 0 Å². The van der Waals surface area contributed by atoms with Gasteiger partial charge in [0.1, 0.15) is 18.0 Å². The summed E-state index contributed by atoms with van der Waals surface area (Å²) in [4.78, 5) is 26.5. The van der Waals surface area contributed by atoms with E-state index < -0.39 is 54.1 Å². The van der Waals surface area contributed by atoms with Gasteiger partial charge in [-0.15, -0.1) is 0 Å². The van der Waals surface area contributed by atoms with Crippen molar-refractivity contribution in [3.63, 3.8) is 0 Å². The van der Waals surface area contributed by atoms with Crippen LogP contribution in [0.5, 0.6) is 0 Å². The van der Waals surface area contributed by atoms with Gasteiger partial charge in [-0.2, -0.15) is 0 Å². The minimum Gasteiger partial charge on any atom is -0.490 e. The quantitative estimate of drug-likeness (QED) is 0.340. The normalized spacial score (nSPS) is 39.5. The number of allylic oxidation sites excluding steroid dienone is 6. The van der Waals surface area contributed by atoms with Gasteiger partial charge in [-0.1, -0.05) is 83.9 Å². The van der Waals surface area contributed by atoms with E-state index in [4.69, 9.17) is 18.9 Å². The molecule has 1 fully saturated rings. The summed E-state index contributed by atoms with van der Waals surface area (Å²) in [7, 11) is 2.84. The summed E-state index contributed by atoms with van der Waals surface area (Å²) in [5.74, 6) is -4.87. The molecule has 0 unspecified atom stereocenters. The number of cyclic esters (lactones) is 1. The SMILES string of the molecule is CO/C1=C\C(C)=C\[C@@H](C)C(=O)[C@@H](C)C/C(C)=C/C=C/[C@H](OC)[C@@H]([C@@H](C)[C@@H](O)[C@H](C)[C@@]2(O)C[C@@H](O)[C@H](C)[C@H](C(C)C)O2)OC1=O. The van der Waals surface area contributed by atoms with Crippen molar-refractivity contribution in [2.75, 3.05) is 14.2 Å². The molecule has 2 heterocycles. The lowest BCUT2D eigenvalue weighted by Crippen LogP contribution is -2.59. The van der Waals surface area contributed by atoms with Gasteiger partial charge in [0.2, 0.25) is 5.76 Å². The number of aliphatic hydroxyl groups excluding tert-OH is 2. The smallest absolute Gasteiger partial charge is 0.373 e. The monoisotopic (exact) mass is 620 g/mol. The van der Waals surface area contributed by atoms with Gasteiger partial charge in [0.25, 0.3) is 0 Å². The molecule has 3 N–H and O–H groups in total. The van der Waals surface area contributed by atoms with E-state index in [-0.39, 0.29) is 41.6 Å². The first-order valence-electron chi connectivity index (χ1n) is 15.8. The number of hydrogen-bond acceptors (Lipinski definition) is 9. The van der Waals surface area contributed by atoms with E-state index in [1.807, 2.05) is 47.6 Å². The number of aliphatic hydroxyl groups is 3. The number of carbonyl (C=O) groups is 2. The molecule has 2 rings (SSSR count). The van der Waals surface area contributed by atoms with Crippen LogP contribution in [0.4, 0.5) is 0 Å². The molecule has 0 spiro atoms. The molecule has 0 amide bonds. The van der Waals surface area contributed by atoms with Crippen LogP contribution in [-0.2, 0) is 28.5 Å². The van der Waals surface area contributed by atoms with Gasteiger partial charge in [0, 0.05) is 43.1 Å². The molecular formula is C35H56O9. The second-order valence-electron chi connectivity index (χ2n) is 13.3. The van der Waals surface area contributed by atoms with Crippen molar-refractivity contribution in [3.05, 3.63) is 47.3 Å². The first kappa shape index (κ1) is 37.9. The summed E-state index contributed by atoms with van der Waals surface area (Å²) in [5, 5.41) is 34.1. The Kier molecular flexibility index (Phi) is 14.0. The topological polar surface area (TPSA) is 132 Å². The van der Waals surface area contributed by atoms with Gasteiger partial charge in [-0.25, -0.2) is 4.79 Å². The van der Waals surface area contributed by atoms with Gasteiger partial charge in [-0.05, 0) is 32.3 Å². The van der Waals surface area contributed by atoms with E-state index in [2.05, 4.69) is 0 Å². The Bertz CT molecular complexity index is 1110. The van der Waals surface area contributed by atoms with E-state index in [0.717, 1.165) is 5.57 Å². The molecule has 0 aliphatic carbocycles. The molecule has 44 heavy (non-hydrogen) atoms. The van der Waals surface area contributed by atoms with Crippen LogP contribution in [-0.4, -0.2) is 77.6 Å². The number of ketones is 1. The van der Waals surface area contributed by atoms with Gasteiger partial charge >= 0.3 is 5.97 Å². The maximum Gasteiger partial charge on any atom is 0.373 e. The molecule has 2 aliphatic heterocycles. The highest BCUT2D eigenvalue weighted by Crippen LogP contribution is 2.41. The average molecular weight is 621 g/mol. The lowest BCUT2D eigenvalue weighted by molar-refractivity contribution is -0.328. The fourth-order valence-electron chi connectivity index (χ4n) is 6.39. The Labute approximate surface area is 264 Å². The zero-order valence-electron chi connectivity index (χ0n) is 28.4. The number of methoxy groups -OCH3 is 2. The first-order chi connectivity index (χ1) is 20.5. The lowest BCUT2D eigenvalue weighted by atomic mass is 9.76. The summed E-state index contributed by atoms with van der Waals surface area (Å²) < 4.78 is 23.3. The second kappa shape index (κ2) is 16.3. The largest absolute Gasteiger partial charge is 0.490 e. The molecule has 0 aromatic heterocycles. The Morgan fingerprint density at radius 2 is 1.68 bits per heavy atom. The fraction of sp³-hybridized carbons (Fsp3) is 0.714. The summed E-state index contributed by atoms with van der Waals surface area (Å²) in [6.07, 6.45) is 5.04. The third-order valence-electron chi connectivity index (χ3n) is 9.28. The number of Topliss-reactive ketones (excluding diaryl/α,β-unsaturated/α-hetero) is 1. The molecule has 0 saturated carbocycles. The van der Waals surface area contributed by atoms with E-state index in [1.54, 1.807) is 39.0 Å². The van der Waals surface area contributed by atoms with Crippen LogP contribution in [0.3, 0.4) is 0 Å². The zero-order chi connectivity index (χ0) is 33.5. The van der Waals surface area contributed by atoms with Gasteiger partial charge in [0.05, 0.1) is 25.4 Å². The van der Waals surface area contributed by atoms with Crippen LogP contribution in [0.2, 0.25) is 0 Å². The third-order valence-corrected chi connectivity index (χ3v) is 9.28. The predicted molar refractivity (Wildman–Crippen MR) is 169 cm³/mol. The molecule has 0 radical (unpaired) electrons. The van der Waals surface area contributed by atoms with Crippen molar-refractivity contribution in [3.8, 4) is 0 Å². The highest BCUT2D eigenvalue weighted by Gasteiger charge is 2.51. The molecule has 1 saturated heterocycles. The Hall–Kier alpha value is -2.30. The fourth-order valence-corrected chi connectivity index (χ4v) is 6.39. The number of carbonyl (C=O) groups excluding carboxylic acids is 2. The molecule has 250 valence electrons.